The molecule has 7 nitrogen and oxygen atoms in total. The summed E-state index contributed by atoms with van der Waals surface area (Å²) in [5.74, 6) is 0.289. The highest BCUT2D eigenvalue weighted by Gasteiger charge is 2.10. The Morgan fingerprint density at radius 3 is 2.73 bits per heavy atom. The van der Waals surface area contributed by atoms with Crippen molar-refractivity contribution < 1.29 is 13.9 Å². The van der Waals surface area contributed by atoms with Crippen LogP contribution in [0.15, 0.2) is 47.1 Å². The zero-order chi connectivity index (χ0) is 15.4. The minimum Gasteiger partial charge on any atom is -0.452 e. The number of hydrogen-bond donors (Lipinski definition) is 0. The minimum atomic E-state index is -0.429. The minimum absolute atomic E-state index is 0.0330. The fraction of sp³-hybridized carbons (Fsp3) is 0.200. The van der Waals surface area contributed by atoms with Crippen LogP contribution in [-0.2, 0) is 17.9 Å². The molecule has 2 heterocycles. The molecule has 3 aromatic rings. The third kappa shape index (κ3) is 3.38. The van der Waals surface area contributed by atoms with Crippen LogP contribution in [0.3, 0.4) is 0 Å². The second-order valence-electron chi connectivity index (χ2n) is 4.69. The zero-order valence-corrected chi connectivity index (χ0v) is 12.0. The van der Waals surface area contributed by atoms with E-state index < -0.39 is 5.97 Å². The highest BCUT2D eigenvalue weighted by molar-refractivity contribution is 5.89. The molecule has 7 heteroatoms. The SMILES string of the molecule is Cc1nnc(COC(=O)c2ccc(Cn3cccn3)cc2)o1. The van der Waals surface area contributed by atoms with Crippen LogP contribution >= 0.6 is 0 Å². The molecule has 0 atom stereocenters. The first-order chi connectivity index (χ1) is 10.7. The topological polar surface area (TPSA) is 83.0 Å². The van der Waals surface area contributed by atoms with E-state index in [0.29, 0.717) is 18.0 Å². The van der Waals surface area contributed by atoms with Gasteiger partial charge in [-0.2, -0.15) is 5.10 Å². The lowest BCUT2D eigenvalue weighted by atomic mass is 10.1. The zero-order valence-electron chi connectivity index (χ0n) is 12.0. The van der Waals surface area contributed by atoms with Gasteiger partial charge in [0.25, 0.3) is 5.89 Å². The molecule has 2 aromatic heterocycles. The Hall–Kier alpha value is -2.96. The van der Waals surface area contributed by atoms with E-state index >= 15 is 0 Å². The van der Waals surface area contributed by atoms with Gasteiger partial charge in [0.2, 0.25) is 5.89 Å². The van der Waals surface area contributed by atoms with Gasteiger partial charge >= 0.3 is 5.97 Å². The third-order valence-electron chi connectivity index (χ3n) is 2.99. The van der Waals surface area contributed by atoms with Gasteiger partial charge in [-0.25, -0.2) is 4.79 Å². The van der Waals surface area contributed by atoms with Crippen LogP contribution in [0.1, 0.15) is 27.7 Å². The van der Waals surface area contributed by atoms with E-state index in [9.17, 15) is 4.79 Å². The molecular weight excluding hydrogens is 284 g/mol. The molecule has 0 aliphatic carbocycles. The van der Waals surface area contributed by atoms with Crippen molar-refractivity contribution in [2.24, 2.45) is 0 Å². The molecule has 0 radical (unpaired) electrons. The van der Waals surface area contributed by atoms with E-state index in [4.69, 9.17) is 9.15 Å². The van der Waals surface area contributed by atoms with Crippen molar-refractivity contribution in [2.75, 3.05) is 0 Å². The van der Waals surface area contributed by atoms with Crippen LogP contribution in [0, 0.1) is 6.92 Å². The summed E-state index contributed by atoms with van der Waals surface area (Å²) in [5.41, 5.74) is 1.52. The average Bonchev–Trinajstić information content (AvgIpc) is 3.17. The predicted octanol–water partition coefficient (Wildman–Crippen LogP) is 1.98. The fourth-order valence-corrected chi connectivity index (χ4v) is 1.93. The molecule has 0 saturated heterocycles. The van der Waals surface area contributed by atoms with Crippen LogP contribution in [0.2, 0.25) is 0 Å². The van der Waals surface area contributed by atoms with Crippen molar-refractivity contribution in [1.82, 2.24) is 20.0 Å². The van der Waals surface area contributed by atoms with Gasteiger partial charge in [-0.15, -0.1) is 10.2 Å². The molecular formula is C15H14N4O3. The molecule has 3 rings (SSSR count). The quantitative estimate of drug-likeness (QED) is 0.670. The van der Waals surface area contributed by atoms with Crippen LogP contribution in [0.4, 0.5) is 0 Å². The summed E-state index contributed by atoms with van der Waals surface area (Å²) >= 11 is 0. The van der Waals surface area contributed by atoms with E-state index in [2.05, 4.69) is 15.3 Å². The maximum absolute atomic E-state index is 11.9. The van der Waals surface area contributed by atoms with Gasteiger partial charge < -0.3 is 9.15 Å². The summed E-state index contributed by atoms with van der Waals surface area (Å²) < 4.78 is 12.1. The summed E-state index contributed by atoms with van der Waals surface area (Å²) in [5, 5.41) is 11.6. The van der Waals surface area contributed by atoms with Crippen molar-refractivity contribution in [3.8, 4) is 0 Å². The first-order valence-electron chi connectivity index (χ1n) is 6.73. The second-order valence-corrected chi connectivity index (χ2v) is 4.69. The fourth-order valence-electron chi connectivity index (χ4n) is 1.93. The van der Waals surface area contributed by atoms with Gasteiger partial charge in [0.1, 0.15) is 0 Å². The normalized spacial score (nSPS) is 10.6. The summed E-state index contributed by atoms with van der Waals surface area (Å²) in [6.45, 7) is 2.30. The lowest BCUT2D eigenvalue weighted by Crippen LogP contribution is -2.06. The van der Waals surface area contributed by atoms with E-state index in [1.165, 1.54) is 0 Å². The van der Waals surface area contributed by atoms with E-state index in [0.717, 1.165) is 5.56 Å². The number of aryl methyl sites for hydroxylation is 1. The lowest BCUT2D eigenvalue weighted by molar-refractivity contribution is 0.0437. The Bertz CT molecular complexity index is 747. The molecule has 0 spiro atoms. The molecule has 0 saturated carbocycles. The Balaban J connectivity index is 1.58. The number of carbonyl (C=O) groups excluding carboxylic acids is 1. The maximum Gasteiger partial charge on any atom is 0.338 e. The number of aromatic nitrogens is 4. The van der Waals surface area contributed by atoms with Crippen LogP contribution in [-0.4, -0.2) is 25.9 Å². The predicted molar refractivity (Wildman–Crippen MR) is 75.9 cm³/mol. The number of carbonyl (C=O) groups is 1. The Labute approximate surface area is 126 Å². The number of hydrogen-bond acceptors (Lipinski definition) is 6. The summed E-state index contributed by atoms with van der Waals surface area (Å²) in [4.78, 5) is 11.9. The van der Waals surface area contributed by atoms with Crippen molar-refractivity contribution in [3.05, 3.63) is 65.6 Å². The van der Waals surface area contributed by atoms with Gasteiger partial charge in [-0.3, -0.25) is 4.68 Å². The average molecular weight is 298 g/mol. The number of rotatable bonds is 5. The summed E-state index contributed by atoms with van der Waals surface area (Å²) in [6, 6.07) is 9.05. The Morgan fingerprint density at radius 2 is 2.09 bits per heavy atom. The van der Waals surface area contributed by atoms with Crippen molar-refractivity contribution in [3.63, 3.8) is 0 Å². The molecule has 0 aliphatic rings. The molecule has 112 valence electrons. The molecule has 0 fully saturated rings. The number of benzene rings is 1. The molecule has 22 heavy (non-hydrogen) atoms. The van der Waals surface area contributed by atoms with Crippen molar-refractivity contribution in [2.45, 2.75) is 20.1 Å². The van der Waals surface area contributed by atoms with Gasteiger partial charge in [0.15, 0.2) is 6.61 Å². The molecule has 0 unspecified atom stereocenters. The monoisotopic (exact) mass is 298 g/mol. The first-order valence-corrected chi connectivity index (χ1v) is 6.73. The largest absolute Gasteiger partial charge is 0.452 e. The van der Waals surface area contributed by atoms with Crippen LogP contribution < -0.4 is 0 Å². The van der Waals surface area contributed by atoms with Crippen LogP contribution in [0.5, 0.6) is 0 Å². The lowest BCUT2D eigenvalue weighted by Gasteiger charge is -2.05. The maximum atomic E-state index is 11.9. The first kappa shape index (κ1) is 14.0. The highest BCUT2D eigenvalue weighted by Crippen LogP contribution is 2.09. The van der Waals surface area contributed by atoms with Crippen molar-refractivity contribution >= 4 is 5.97 Å². The standard InChI is InChI=1S/C15H14N4O3/c1-11-17-18-14(22-11)10-21-15(20)13-5-3-12(4-6-13)9-19-8-2-7-16-19/h2-8H,9-10H2,1H3. The molecule has 0 amide bonds. The smallest absolute Gasteiger partial charge is 0.338 e. The molecule has 1 aromatic carbocycles. The third-order valence-corrected chi connectivity index (χ3v) is 2.99. The summed E-state index contributed by atoms with van der Waals surface area (Å²) in [6.07, 6.45) is 3.61. The van der Waals surface area contributed by atoms with Crippen LogP contribution in [0.25, 0.3) is 0 Å². The van der Waals surface area contributed by atoms with Crippen molar-refractivity contribution in [1.29, 1.82) is 0 Å². The number of ether oxygens (including phenoxy) is 1. The number of esters is 1. The van der Waals surface area contributed by atoms with Gasteiger partial charge in [0, 0.05) is 19.3 Å². The Kier molecular flexibility index (Phi) is 3.95. The highest BCUT2D eigenvalue weighted by atomic mass is 16.5. The summed E-state index contributed by atoms with van der Waals surface area (Å²) in [7, 11) is 0. The van der Waals surface area contributed by atoms with E-state index in [1.54, 1.807) is 25.3 Å². The van der Waals surface area contributed by atoms with Gasteiger partial charge in [0.05, 0.1) is 12.1 Å². The van der Waals surface area contributed by atoms with E-state index in [-0.39, 0.29) is 12.5 Å². The number of nitrogens with zero attached hydrogens (tertiary/aromatic N) is 4. The molecule has 0 aliphatic heterocycles. The second kappa shape index (κ2) is 6.21. The molecule has 0 N–H and O–H groups in total. The van der Waals surface area contributed by atoms with Gasteiger partial charge in [-0.05, 0) is 23.8 Å². The Morgan fingerprint density at radius 1 is 1.27 bits per heavy atom. The van der Waals surface area contributed by atoms with Gasteiger partial charge in [-0.1, -0.05) is 12.1 Å². The molecule has 0 bridgehead atoms. The van der Waals surface area contributed by atoms with E-state index in [1.807, 2.05) is 29.1 Å².